The van der Waals surface area contributed by atoms with Gasteiger partial charge in [0.2, 0.25) is 5.91 Å². The molecular weight excluding hydrogens is 244 g/mol. The zero-order chi connectivity index (χ0) is 12.6. The number of nitrogens with one attached hydrogen (secondary N) is 2. The maximum absolute atomic E-state index is 11.3. The zero-order valence-electron chi connectivity index (χ0n) is 8.90. The van der Waals surface area contributed by atoms with Crippen LogP contribution in [-0.2, 0) is 9.59 Å². The highest BCUT2D eigenvalue weighted by Crippen LogP contribution is 2.47. The summed E-state index contributed by atoms with van der Waals surface area (Å²) >= 11 is 1.40. The Bertz CT molecular complexity index is 434. The summed E-state index contributed by atoms with van der Waals surface area (Å²) in [5.74, 6) is -1.37. The van der Waals surface area contributed by atoms with Crippen LogP contribution in [0.2, 0.25) is 0 Å². The molecule has 0 aromatic carbocycles. The lowest BCUT2D eigenvalue weighted by atomic mass is 10.1. The summed E-state index contributed by atoms with van der Waals surface area (Å²) in [6, 6.07) is 0. The Morgan fingerprint density at radius 1 is 1.71 bits per heavy atom. The molecule has 0 aromatic heterocycles. The van der Waals surface area contributed by atoms with Gasteiger partial charge in [0.15, 0.2) is 5.96 Å². The van der Waals surface area contributed by atoms with E-state index in [0.717, 1.165) is 0 Å². The Hall–Kier alpha value is -1.70. The molecule has 2 aliphatic rings. The molecule has 0 saturated carbocycles. The lowest BCUT2D eigenvalue weighted by molar-refractivity contribution is -0.145. The number of rotatable bonds is 4. The first-order valence-corrected chi connectivity index (χ1v) is 5.91. The van der Waals surface area contributed by atoms with Gasteiger partial charge in [-0.25, -0.2) is 4.79 Å². The van der Waals surface area contributed by atoms with Crippen LogP contribution in [0.4, 0.5) is 0 Å². The van der Waals surface area contributed by atoms with Gasteiger partial charge in [-0.2, -0.15) is 0 Å². The zero-order valence-corrected chi connectivity index (χ0v) is 9.71. The minimum absolute atomic E-state index is 0.0547. The van der Waals surface area contributed by atoms with Crippen molar-refractivity contribution in [1.29, 1.82) is 5.41 Å². The van der Waals surface area contributed by atoms with E-state index in [1.165, 1.54) is 16.7 Å². The SMILES string of the molecule is N=C(N)NCCC1=C(C(=O)O)N2C(=O)C[C@@H]2S1. The average molecular weight is 256 g/mol. The molecule has 2 heterocycles. The van der Waals surface area contributed by atoms with E-state index in [-0.39, 0.29) is 22.9 Å². The van der Waals surface area contributed by atoms with Gasteiger partial charge in [-0.15, -0.1) is 11.8 Å². The van der Waals surface area contributed by atoms with Gasteiger partial charge in [0.05, 0.1) is 11.8 Å². The van der Waals surface area contributed by atoms with Gasteiger partial charge in [0.25, 0.3) is 0 Å². The van der Waals surface area contributed by atoms with Crippen molar-refractivity contribution in [2.45, 2.75) is 18.2 Å². The molecule has 0 aliphatic carbocycles. The molecule has 2 rings (SSSR count). The highest BCUT2D eigenvalue weighted by molar-refractivity contribution is 8.04. The molecule has 0 aromatic rings. The van der Waals surface area contributed by atoms with Crippen LogP contribution >= 0.6 is 11.8 Å². The van der Waals surface area contributed by atoms with Crippen LogP contribution in [0.3, 0.4) is 0 Å². The molecule has 1 fully saturated rings. The monoisotopic (exact) mass is 256 g/mol. The average Bonchev–Trinajstić information content (AvgIpc) is 2.50. The molecule has 17 heavy (non-hydrogen) atoms. The topological polar surface area (TPSA) is 120 Å². The molecule has 7 nitrogen and oxygen atoms in total. The smallest absolute Gasteiger partial charge is 0.353 e. The third kappa shape index (κ3) is 2.07. The Kier molecular flexibility index (Phi) is 2.97. The van der Waals surface area contributed by atoms with Crippen molar-refractivity contribution < 1.29 is 14.7 Å². The second-order valence-electron chi connectivity index (χ2n) is 3.71. The van der Waals surface area contributed by atoms with E-state index in [1.54, 1.807) is 0 Å². The Balaban J connectivity index is 2.07. The molecule has 92 valence electrons. The number of amides is 1. The van der Waals surface area contributed by atoms with Gasteiger partial charge in [0, 0.05) is 11.4 Å². The van der Waals surface area contributed by atoms with Crippen LogP contribution in [0.25, 0.3) is 0 Å². The van der Waals surface area contributed by atoms with Gasteiger partial charge in [-0.3, -0.25) is 15.1 Å². The first kappa shape index (κ1) is 11.8. The second kappa shape index (κ2) is 4.28. The van der Waals surface area contributed by atoms with Crippen LogP contribution < -0.4 is 11.1 Å². The second-order valence-corrected chi connectivity index (χ2v) is 4.98. The number of β-lactam (4-membered cyclic amide) rings is 1. The van der Waals surface area contributed by atoms with E-state index in [1.807, 2.05) is 0 Å². The number of thioether (sulfide) groups is 1. The van der Waals surface area contributed by atoms with E-state index >= 15 is 0 Å². The third-order valence-electron chi connectivity index (χ3n) is 2.56. The summed E-state index contributed by atoms with van der Waals surface area (Å²) in [5.41, 5.74) is 5.21. The lowest BCUT2D eigenvalue weighted by Crippen LogP contribution is -2.48. The summed E-state index contributed by atoms with van der Waals surface area (Å²) in [4.78, 5) is 24.4. The molecule has 5 N–H and O–H groups in total. The number of guanidine groups is 1. The van der Waals surface area contributed by atoms with Gasteiger partial charge in [-0.1, -0.05) is 0 Å². The standard InChI is InChI=1S/C9H12N4O3S/c10-9(11)12-2-1-4-7(8(15)16)13-5(14)3-6(13)17-4/h6H,1-3H2,(H,15,16)(H4,10,11,12)/t6-/m0/s1. The number of carboxylic acids is 1. The largest absolute Gasteiger partial charge is 0.477 e. The molecular formula is C9H12N4O3S. The van der Waals surface area contributed by atoms with Crippen molar-refractivity contribution in [2.75, 3.05) is 6.54 Å². The Morgan fingerprint density at radius 2 is 2.41 bits per heavy atom. The van der Waals surface area contributed by atoms with Crippen molar-refractivity contribution in [3.8, 4) is 0 Å². The summed E-state index contributed by atoms with van der Waals surface area (Å²) in [6.45, 7) is 0.392. The highest BCUT2D eigenvalue weighted by atomic mass is 32.2. The predicted octanol–water partition coefficient (Wildman–Crippen LogP) is -0.539. The third-order valence-corrected chi connectivity index (χ3v) is 3.89. The fourth-order valence-electron chi connectivity index (χ4n) is 1.81. The molecule has 8 heteroatoms. The number of nitrogens with zero attached hydrogens (tertiary/aromatic N) is 1. The number of hydrogen-bond acceptors (Lipinski definition) is 4. The number of aliphatic carboxylic acids is 1. The number of nitrogens with two attached hydrogens (primary N) is 1. The van der Waals surface area contributed by atoms with Crippen molar-refractivity contribution in [2.24, 2.45) is 5.73 Å². The molecule has 1 saturated heterocycles. The fourth-order valence-corrected chi connectivity index (χ4v) is 3.21. The van der Waals surface area contributed by atoms with Crippen molar-refractivity contribution in [3.05, 3.63) is 10.6 Å². The molecule has 2 aliphatic heterocycles. The normalized spacial score (nSPS) is 22.2. The lowest BCUT2D eigenvalue weighted by Gasteiger charge is -2.33. The molecule has 0 spiro atoms. The fraction of sp³-hybridized carbons (Fsp3) is 0.444. The Labute approximate surface area is 102 Å². The van der Waals surface area contributed by atoms with Crippen LogP contribution in [0.1, 0.15) is 12.8 Å². The maximum Gasteiger partial charge on any atom is 0.353 e. The predicted molar refractivity (Wildman–Crippen MR) is 62.0 cm³/mol. The van der Waals surface area contributed by atoms with Crippen molar-refractivity contribution in [1.82, 2.24) is 10.2 Å². The Morgan fingerprint density at radius 3 is 2.94 bits per heavy atom. The van der Waals surface area contributed by atoms with Crippen LogP contribution in [-0.4, -0.2) is 39.8 Å². The number of carboxylic acid groups (broad SMARTS) is 1. The van der Waals surface area contributed by atoms with E-state index in [9.17, 15) is 9.59 Å². The number of carbonyl (C=O) groups excluding carboxylic acids is 1. The first-order chi connectivity index (χ1) is 8.00. The molecule has 0 bridgehead atoms. The van der Waals surface area contributed by atoms with Gasteiger partial charge in [-0.05, 0) is 6.42 Å². The van der Waals surface area contributed by atoms with Gasteiger partial charge >= 0.3 is 5.97 Å². The molecule has 1 amide bonds. The van der Waals surface area contributed by atoms with Crippen LogP contribution in [0.5, 0.6) is 0 Å². The molecule has 0 radical (unpaired) electrons. The van der Waals surface area contributed by atoms with E-state index < -0.39 is 5.97 Å². The number of hydrogen-bond donors (Lipinski definition) is 4. The van der Waals surface area contributed by atoms with Gasteiger partial charge < -0.3 is 16.2 Å². The van der Waals surface area contributed by atoms with E-state index in [0.29, 0.717) is 24.3 Å². The number of fused-ring (bicyclic) bond motifs is 1. The maximum atomic E-state index is 11.3. The summed E-state index contributed by atoms with van der Waals surface area (Å²) < 4.78 is 0. The van der Waals surface area contributed by atoms with Crippen LogP contribution in [0.15, 0.2) is 10.6 Å². The molecule has 0 unspecified atom stereocenters. The van der Waals surface area contributed by atoms with E-state index in [4.69, 9.17) is 16.2 Å². The highest BCUT2D eigenvalue weighted by Gasteiger charge is 2.47. The summed E-state index contributed by atoms with van der Waals surface area (Å²) in [5, 5.41) is 18.6. The van der Waals surface area contributed by atoms with E-state index in [2.05, 4.69) is 5.32 Å². The van der Waals surface area contributed by atoms with Gasteiger partial charge in [0.1, 0.15) is 5.70 Å². The summed E-state index contributed by atoms with van der Waals surface area (Å²) in [6.07, 6.45) is 0.844. The number of carbonyl (C=O) groups is 2. The molecule has 1 atom stereocenters. The first-order valence-electron chi connectivity index (χ1n) is 5.03. The van der Waals surface area contributed by atoms with Crippen LogP contribution in [0, 0.1) is 5.41 Å². The van der Waals surface area contributed by atoms with Crippen molar-refractivity contribution >= 4 is 29.6 Å². The summed E-state index contributed by atoms with van der Waals surface area (Å²) in [7, 11) is 0. The minimum Gasteiger partial charge on any atom is -0.477 e. The quantitative estimate of drug-likeness (QED) is 0.305. The minimum atomic E-state index is -1.08. The van der Waals surface area contributed by atoms with Crippen molar-refractivity contribution in [3.63, 3.8) is 0 Å².